The normalized spacial score (nSPS) is 11.3. The Kier molecular flexibility index (Phi) is 3.68. The topological polar surface area (TPSA) is 72.2 Å². The quantitative estimate of drug-likeness (QED) is 0.855. The van der Waals surface area contributed by atoms with Crippen molar-refractivity contribution < 1.29 is 8.42 Å². The lowest BCUT2D eigenvalue weighted by Crippen LogP contribution is -2.13. The molecule has 0 saturated carbocycles. The molecule has 19 heavy (non-hydrogen) atoms. The molecule has 2 aromatic rings. The standard InChI is InChI=1S/C13H13ClN2O2S/c1-9-12(14)3-2-4-13(9)16-19(17,18)11-7-5-10(15)6-8-11/h2-8,16H,15H2,1H3. The molecule has 0 aliphatic carbocycles. The van der Waals surface area contributed by atoms with Gasteiger partial charge in [0.2, 0.25) is 0 Å². The highest BCUT2D eigenvalue weighted by Crippen LogP contribution is 2.25. The van der Waals surface area contributed by atoms with Gasteiger partial charge in [0.05, 0.1) is 10.6 Å². The van der Waals surface area contributed by atoms with Gasteiger partial charge in [0, 0.05) is 10.7 Å². The highest BCUT2D eigenvalue weighted by molar-refractivity contribution is 7.92. The average molecular weight is 297 g/mol. The molecule has 0 aromatic heterocycles. The zero-order valence-electron chi connectivity index (χ0n) is 10.2. The Morgan fingerprint density at radius 3 is 2.37 bits per heavy atom. The SMILES string of the molecule is Cc1c(Cl)cccc1NS(=O)(=O)c1ccc(N)cc1. The third kappa shape index (κ3) is 3.00. The summed E-state index contributed by atoms with van der Waals surface area (Å²) in [5.41, 5.74) is 7.19. The predicted molar refractivity (Wildman–Crippen MR) is 77.9 cm³/mol. The highest BCUT2D eigenvalue weighted by Gasteiger charge is 2.15. The van der Waals surface area contributed by atoms with Crippen LogP contribution in [0, 0.1) is 6.92 Å². The van der Waals surface area contributed by atoms with Crippen LogP contribution in [-0.2, 0) is 10.0 Å². The zero-order valence-corrected chi connectivity index (χ0v) is 11.8. The molecular weight excluding hydrogens is 284 g/mol. The number of anilines is 2. The maximum atomic E-state index is 12.2. The van der Waals surface area contributed by atoms with Crippen molar-refractivity contribution in [2.45, 2.75) is 11.8 Å². The monoisotopic (exact) mass is 296 g/mol. The first kappa shape index (κ1) is 13.7. The molecule has 0 radical (unpaired) electrons. The van der Waals surface area contributed by atoms with Crippen LogP contribution in [0.2, 0.25) is 5.02 Å². The smallest absolute Gasteiger partial charge is 0.261 e. The molecule has 2 aromatic carbocycles. The number of hydrogen-bond donors (Lipinski definition) is 2. The first-order valence-corrected chi connectivity index (χ1v) is 7.40. The van der Waals surface area contributed by atoms with Gasteiger partial charge >= 0.3 is 0 Å². The fourth-order valence-corrected chi connectivity index (χ4v) is 2.87. The van der Waals surface area contributed by atoms with Crippen molar-refractivity contribution in [3.05, 3.63) is 53.1 Å². The second kappa shape index (κ2) is 5.11. The summed E-state index contributed by atoms with van der Waals surface area (Å²) in [6.45, 7) is 1.75. The van der Waals surface area contributed by atoms with Crippen molar-refractivity contribution in [3.63, 3.8) is 0 Å². The van der Waals surface area contributed by atoms with Gasteiger partial charge in [0.15, 0.2) is 0 Å². The van der Waals surface area contributed by atoms with Crippen LogP contribution >= 0.6 is 11.6 Å². The third-order valence-corrected chi connectivity index (χ3v) is 4.49. The summed E-state index contributed by atoms with van der Waals surface area (Å²) in [4.78, 5) is 0.154. The number of nitrogens with two attached hydrogens (primary N) is 1. The number of hydrogen-bond acceptors (Lipinski definition) is 3. The first-order valence-electron chi connectivity index (χ1n) is 5.53. The van der Waals surface area contributed by atoms with Crippen molar-refractivity contribution in [2.75, 3.05) is 10.5 Å². The molecule has 0 atom stereocenters. The minimum absolute atomic E-state index is 0.154. The van der Waals surface area contributed by atoms with E-state index in [1.165, 1.54) is 12.1 Å². The number of sulfonamides is 1. The second-order valence-corrected chi connectivity index (χ2v) is 6.18. The predicted octanol–water partition coefficient (Wildman–Crippen LogP) is 3.03. The molecular formula is C13H13ClN2O2S. The van der Waals surface area contributed by atoms with Gasteiger partial charge in [-0.3, -0.25) is 4.72 Å². The molecule has 100 valence electrons. The van der Waals surface area contributed by atoms with Gasteiger partial charge in [-0.25, -0.2) is 8.42 Å². The fraction of sp³-hybridized carbons (Fsp3) is 0.0769. The van der Waals surface area contributed by atoms with Crippen LogP contribution in [0.15, 0.2) is 47.4 Å². The molecule has 0 aliphatic rings. The number of benzene rings is 2. The van der Waals surface area contributed by atoms with E-state index in [9.17, 15) is 8.42 Å². The van der Waals surface area contributed by atoms with Crippen molar-refractivity contribution in [1.29, 1.82) is 0 Å². The van der Waals surface area contributed by atoms with Crippen LogP contribution in [0.1, 0.15) is 5.56 Å². The summed E-state index contributed by atoms with van der Waals surface area (Å²) in [6, 6.07) is 11.1. The molecule has 0 saturated heterocycles. The molecule has 4 nitrogen and oxygen atoms in total. The average Bonchev–Trinajstić information content (AvgIpc) is 2.35. The Balaban J connectivity index is 2.36. The summed E-state index contributed by atoms with van der Waals surface area (Å²) < 4.78 is 26.9. The van der Waals surface area contributed by atoms with Crippen molar-refractivity contribution in [3.8, 4) is 0 Å². The van der Waals surface area contributed by atoms with E-state index in [4.69, 9.17) is 17.3 Å². The van der Waals surface area contributed by atoms with Gasteiger partial charge in [-0.05, 0) is 48.9 Å². The molecule has 0 bridgehead atoms. The Labute approximate surface area is 117 Å². The summed E-state index contributed by atoms with van der Waals surface area (Å²) in [5, 5.41) is 0.512. The molecule has 3 N–H and O–H groups in total. The van der Waals surface area contributed by atoms with Gasteiger partial charge in [0.25, 0.3) is 10.0 Å². The van der Waals surface area contributed by atoms with E-state index < -0.39 is 10.0 Å². The van der Waals surface area contributed by atoms with E-state index in [1.807, 2.05) is 0 Å². The van der Waals surface area contributed by atoms with Crippen LogP contribution in [0.3, 0.4) is 0 Å². The summed E-state index contributed by atoms with van der Waals surface area (Å²) in [6.07, 6.45) is 0. The number of rotatable bonds is 3. The van der Waals surface area contributed by atoms with E-state index in [1.54, 1.807) is 37.3 Å². The Bertz CT molecular complexity index is 697. The van der Waals surface area contributed by atoms with Crippen LogP contribution in [0.5, 0.6) is 0 Å². The largest absolute Gasteiger partial charge is 0.399 e. The second-order valence-electron chi connectivity index (χ2n) is 4.09. The molecule has 0 fully saturated rings. The lowest BCUT2D eigenvalue weighted by Gasteiger charge is -2.11. The molecule has 0 aliphatic heterocycles. The van der Waals surface area contributed by atoms with Crippen molar-refractivity contribution >= 4 is 33.0 Å². The number of halogens is 1. The lowest BCUT2D eigenvalue weighted by molar-refractivity contribution is 0.601. The van der Waals surface area contributed by atoms with Gasteiger partial charge in [-0.15, -0.1) is 0 Å². The van der Waals surface area contributed by atoms with Crippen LogP contribution in [0.25, 0.3) is 0 Å². The molecule has 0 amide bonds. The van der Waals surface area contributed by atoms with E-state index in [0.29, 0.717) is 22.0 Å². The lowest BCUT2D eigenvalue weighted by atomic mass is 10.2. The van der Waals surface area contributed by atoms with Crippen LogP contribution < -0.4 is 10.5 Å². The molecule has 0 heterocycles. The maximum absolute atomic E-state index is 12.2. The summed E-state index contributed by atoms with van der Waals surface area (Å²) >= 11 is 5.96. The maximum Gasteiger partial charge on any atom is 0.261 e. The first-order chi connectivity index (χ1) is 8.90. The van der Waals surface area contributed by atoms with Crippen molar-refractivity contribution in [2.24, 2.45) is 0 Å². The molecule has 2 rings (SSSR count). The number of nitrogen functional groups attached to an aromatic ring is 1. The van der Waals surface area contributed by atoms with E-state index >= 15 is 0 Å². The zero-order chi connectivity index (χ0) is 14.0. The minimum Gasteiger partial charge on any atom is -0.399 e. The fourth-order valence-electron chi connectivity index (χ4n) is 1.57. The Hall–Kier alpha value is -1.72. The van der Waals surface area contributed by atoms with Gasteiger partial charge in [-0.2, -0.15) is 0 Å². The molecule has 0 unspecified atom stereocenters. The molecule has 6 heteroatoms. The van der Waals surface area contributed by atoms with E-state index in [0.717, 1.165) is 0 Å². The minimum atomic E-state index is -3.63. The van der Waals surface area contributed by atoms with Gasteiger partial charge in [-0.1, -0.05) is 17.7 Å². The van der Waals surface area contributed by atoms with Gasteiger partial charge in [0.1, 0.15) is 0 Å². The van der Waals surface area contributed by atoms with Crippen LogP contribution in [-0.4, -0.2) is 8.42 Å². The summed E-state index contributed by atoms with van der Waals surface area (Å²) in [5.74, 6) is 0. The van der Waals surface area contributed by atoms with Crippen molar-refractivity contribution in [1.82, 2.24) is 0 Å². The summed E-state index contributed by atoms with van der Waals surface area (Å²) in [7, 11) is -3.63. The number of nitrogens with one attached hydrogen (secondary N) is 1. The van der Waals surface area contributed by atoms with E-state index in [-0.39, 0.29) is 4.90 Å². The Morgan fingerprint density at radius 1 is 1.11 bits per heavy atom. The molecule has 0 spiro atoms. The highest BCUT2D eigenvalue weighted by atomic mass is 35.5. The van der Waals surface area contributed by atoms with Gasteiger partial charge < -0.3 is 5.73 Å². The third-order valence-electron chi connectivity index (χ3n) is 2.70. The van der Waals surface area contributed by atoms with Crippen LogP contribution in [0.4, 0.5) is 11.4 Å². The van der Waals surface area contributed by atoms with E-state index in [2.05, 4.69) is 4.72 Å². The Morgan fingerprint density at radius 2 is 1.74 bits per heavy atom.